The van der Waals surface area contributed by atoms with E-state index in [1.165, 1.54) is 65.5 Å². The molecule has 3 heterocycles. The van der Waals surface area contributed by atoms with Crippen molar-refractivity contribution in [2.24, 2.45) is 0 Å². The lowest BCUT2D eigenvalue weighted by Crippen LogP contribution is -2.18. The van der Waals surface area contributed by atoms with E-state index in [1.807, 2.05) is 0 Å². The molecular formula is C58H39N3O. The van der Waals surface area contributed by atoms with Crippen molar-refractivity contribution in [3.05, 3.63) is 236 Å². The first kappa shape index (κ1) is 34.8. The third-order valence-electron chi connectivity index (χ3n) is 13.0. The average Bonchev–Trinajstić information content (AvgIpc) is 3.98. The Balaban J connectivity index is 1.02. The number of rotatable bonds is 6. The van der Waals surface area contributed by atoms with E-state index in [0.29, 0.717) is 0 Å². The van der Waals surface area contributed by atoms with Crippen LogP contribution in [0.2, 0.25) is 0 Å². The topological polar surface area (TPSA) is 22.3 Å². The summed E-state index contributed by atoms with van der Waals surface area (Å²) in [6.07, 6.45) is 6.88. The zero-order chi connectivity index (χ0) is 40.7. The maximum absolute atomic E-state index is 6.59. The Bertz CT molecular complexity index is 3400. The smallest absolute Gasteiger partial charge is 0.128 e. The van der Waals surface area contributed by atoms with E-state index in [1.54, 1.807) is 0 Å². The zero-order valence-corrected chi connectivity index (χ0v) is 33.8. The van der Waals surface area contributed by atoms with Crippen molar-refractivity contribution in [2.75, 3.05) is 4.90 Å². The van der Waals surface area contributed by atoms with Crippen LogP contribution in [-0.2, 0) is 0 Å². The Morgan fingerprint density at radius 1 is 0.435 bits per heavy atom. The van der Waals surface area contributed by atoms with Gasteiger partial charge >= 0.3 is 0 Å². The number of fused-ring (bicyclic) bond motifs is 10. The zero-order valence-electron chi connectivity index (χ0n) is 33.8. The number of hydrogen-bond acceptors (Lipinski definition) is 2. The van der Waals surface area contributed by atoms with Crippen LogP contribution in [-0.4, -0.2) is 15.2 Å². The van der Waals surface area contributed by atoms with Gasteiger partial charge < -0.3 is 18.8 Å². The molecule has 2 unspecified atom stereocenters. The molecule has 0 bridgehead atoms. The van der Waals surface area contributed by atoms with Crippen molar-refractivity contribution in [3.8, 4) is 17.1 Å². The first-order valence-electron chi connectivity index (χ1n) is 21.4. The van der Waals surface area contributed by atoms with E-state index in [2.05, 4.69) is 239 Å². The summed E-state index contributed by atoms with van der Waals surface area (Å²) in [5.74, 6) is 1.08. The standard InChI is InChI=1S/C58H39N3O/c1-2-16-39-35-58-51(33-38(39)15-1)50-34-40(31-32-57(50)62-58)45-21-3-8-26-52(45)59(41-17-13-19-43(36-41)60-53-27-9-4-22-46(53)47-23-5-10-28-54(47)60)42-18-14-20-44(37-42)61-55-29-11-6-24-48(55)49-25-7-12-30-56(49)61/h1-37,50,57H. The van der Waals surface area contributed by atoms with E-state index >= 15 is 0 Å². The molecule has 1 aliphatic carbocycles. The Morgan fingerprint density at radius 3 is 1.48 bits per heavy atom. The molecule has 2 aliphatic rings. The highest BCUT2D eigenvalue weighted by molar-refractivity contribution is 6.10. The largest absolute Gasteiger partial charge is 0.485 e. The van der Waals surface area contributed by atoms with Crippen molar-refractivity contribution < 1.29 is 4.74 Å². The number of hydrogen-bond donors (Lipinski definition) is 0. The van der Waals surface area contributed by atoms with Gasteiger partial charge in [0.2, 0.25) is 0 Å². The van der Waals surface area contributed by atoms with Crippen LogP contribution in [0.3, 0.4) is 0 Å². The molecule has 9 aromatic carbocycles. The van der Waals surface area contributed by atoms with Crippen molar-refractivity contribution in [2.45, 2.75) is 12.0 Å². The molecule has 2 atom stereocenters. The van der Waals surface area contributed by atoms with Crippen LogP contribution in [0, 0.1) is 0 Å². The minimum Gasteiger partial charge on any atom is -0.485 e. The third-order valence-corrected chi connectivity index (χ3v) is 13.0. The van der Waals surface area contributed by atoms with Crippen LogP contribution < -0.4 is 9.64 Å². The van der Waals surface area contributed by atoms with Gasteiger partial charge in [-0.05, 0) is 101 Å². The first-order valence-corrected chi connectivity index (χ1v) is 21.4. The normalized spacial score (nSPS) is 15.6. The Labute approximate surface area is 359 Å². The highest BCUT2D eigenvalue weighted by atomic mass is 16.5. The van der Waals surface area contributed by atoms with Gasteiger partial charge in [-0.25, -0.2) is 0 Å². The van der Waals surface area contributed by atoms with Gasteiger partial charge in [-0.15, -0.1) is 0 Å². The fraction of sp³-hybridized carbons (Fsp3) is 0.0345. The van der Waals surface area contributed by atoms with Gasteiger partial charge in [0, 0.05) is 61.3 Å². The summed E-state index contributed by atoms with van der Waals surface area (Å²) in [5.41, 5.74) is 13.7. The summed E-state index contributed by atoms with van der Waals surface area (Å²) in [6.45, 7) is 0. The predicted molar refractivity (Wildman–Crippen MR) is 258 cm³/mol. The van der Waals surface area contributed by atoms with E-state index in [-0.39, 0.29) is 12.0 Å². The highest BCUT2D eigenvalue weighted by Gasteiger charge is 2.34. The van der Waals surface area contributed by atoms with Gasteiger partial charge in [0.15, 0.2) is 0 Å². The second-order valence-electron chi connectivity index (χ2n) is 16.5. The van der Waals surface area contributed by atoms with Crippen LogP contribution in [0.4, 0.5) is 17.1 Å². The van der Waals surface area contributed by atoms with E-state index in [4.69, 9.17) is 4.74 Å². The quantitative estimate of drug-likeness (QED) is 0.167. The Morgan fingerprint density at radius 2 is 0.919 bits per heavy atom. The molecule has 4 nitrogen and oxygen atoms in total. The van der Waals surface area contributed by atoms with Gasteiger partial charge in [-0.3, -0.25) is 0 Å². The van der Waals surface area contributed by atoms with E-state index < -0.39 is 0 Å². The number of para-hydroxylation sites is 5. The molecule has 0 fully saturated rings. The van der Waals surface area contributed by atoms with Crippen LogP contribution in [0.1, 0.15) is 17.0 Å². The SMILES string of the molecule is C1=CC2Oc3cc4ccccc4cc3C2C=C1c1ccccc1N(c1cccc(-n2c3ccccc3c3ccccc32)c1)c1cccc(-n2c3ccccc3c3ccccc32)c1. The van der Waals surface area contributed by atoms with Crippen LogP contribution in [0.15, 0.2) is 224 Å². The number of nitrogens with zero attached hydrogens (tertiary/aromatic N) is 3. The minimum atomic E-state index is -0.0420. The molecule has 0 saturated heterocycles. The van der Waals surface area contributed by atoms with E-state index in [9.17, 15) is 0 Å². The Kier molecular flexibility index (Phi) is 7.70. The molecule has 2 aromatic heterocycles. The van der Waals surface area contributed by atoms with Crippen LogP contribution >= 0.6 is 0 Å². The van der Waals surface area contributed by atoms with Crippen molar-refractivity contribution in [3.63, 3.8) is 0 Å². The first-order chi connectivity index (χ1) is 30.7. The summed E-state index contributed by atoms with van der Waals surface area (Å²) in [6, 6.07) is 74.9. The van der Waals surface area contributed by atoms with Crippen molar-refractivity contribution in [1.29, 1.82) is 0 Å². The van der Waals surface area contributed by atoms with Crippen molar-refractivity contribution >= 4 is 77.0 Å². The fourth-order valence-electron chi connectivity index (χ4n) is 10.3. The molecule has 292 valence electrons. The van der Waals surface area contributed by atoms with Crippen molar-refractivity contribution in [1.82, 2.24) is 9.13 Å². The fourth-order valence-corrected chi connectivity index (χ4v) is 10.3. The lowest BCUT2D eigenvalue weighted by molar-refractivity contribution is 0.269. The lowest BCUT2D eigenvalue weighted by Gasteiger charge is -2.30. The van der Waals surface area contributed by atoms with Gasteiger partial charge in [-0.1, -0.05) is 140 Å². The number of ether oxygens (including phenoxy) is 1. The monoisotopic (exact) mass is 793 g/mol. The molecule has 62 heavy (non-hydrogen) atoms. The molecule has 1 aliphatic heterocycles. The summed E-state index contributed by atoms with van der Waals surface area (Å²) in [5, 5.41) is 7.41. The van der Waals surface area contributed by atoms with Gasteiger partial charge in [0.05, 0.1) is 27.8 Å². The van der Waals surface area contributed by atoms with Crippen LogP contribution in [0.25, 0.3) is 71.3 Å². The molecule has 0 radical (unpaired) electrons. The molecule has 4 heteroatoms. The number of allylic oxidation sites excluding steroid dienone is 2. The van der Waals surface area contributed by atoms with E-state index in [0.717, 1.165) is 39.7 Å². The minimum absolute atomic E-state index is 0.0420. The second kappa shape index (κ2) is 13.7. The predicted octanol–water partition coefficient (Wildman–Crippen LogP) is 15.0. The maximum Gasteiger partial charge on any atom is 0.128 e. The second-order valence-corrected chi connectivity index (χ2v) is 16.5. The van der Waals surface area contributed by atoms with Gasteiger partial charge in [0.25, 0.3) is 0 Å². The summed E-state index contributed by atoms with van der Waals surface area (Å²) < 4.78 is 11.4. The number of anilines is 3. The lowest BCUT2D eigenvalue weighted by atomic mass is 9.85. The number of aromatic nitrogens is 2. The van der Waals surface area contributed by atoms with Crippen LogP contribution in [0.5, 0.6) is 5.75 Å². The average molecular weight is 794 g/mol. The molecule has 0 saturated carbocycles. The number of benzene rings is 9. The Hall–Kier alpha value is -8.08. The molecule has 0 spiro atoms. The van der Waals surface area contributed by atoms with Gasteiger partial charge in [-0.2, -0.15) is 0 Å². The highest BCUT2D eigenvalue weighted by Crippen LogP contribution is 2.48. The molecule has 0 N–H and O–H groups in total. The van der Waals surface area contributed by atoms with Gasteiger partial charge in [0.1, 0.15) is 11.9 Å². The molecule has 13 rings (SSSR count). The summed E-state index contributed by atoms with van der Waals surface area (Å²) in [4.78, 5) is 2.44. The summed E-state index contributed by atoms with van der Waals surface area (Å²) in [7, 11) is 0. The maximum atomic E-state index is 6.59. The third kappa shape index (κ3) is 5.33. The molecule has 11 aromatic rings. The molecular weight excluding hydrogens is 755 g/mol. The molecule has 0 amide bonds. The summed E-state index contributed by atoms with van der Waals surface area (Å²) >= 11 is 0.